The first-order chi connectivity index (χ1) is 11.5. The van der Waals surface area contributed by atoms with Crippen molar-refractivity contribution in [3.63, 3.8) is 0 Å². The SMILES string of the molecule is COc1ccccc1/C=C/c1cc(OC)c2c(c1)OC(C)(C)C=C2. The number of benzene rings is 2. The monoisotopic (exact) mass is 322 g/mol. The van der Waals surface area contributed by atoms with Crippen molar-refractivity contribution < 1.29 is 14.2 Å². The summed E-state index contributed by atoms with van der Waals surface area (Å²) < 4.78 is 17.0. The fourth-order valence-corrected chi connectivity index (χ4v) is 2.73. The van der Waals surface area contributed by atoms with Gasteiger partial charge in [0.15, 0.2) is 0 Å². The molecule has 1 aliphatic rings. The third kappa shape index (κ3) is 3.30. The second-order valence-electron chi connectivity index (χ2n) is 6.25. The van der Waals surface area contributed by atoms with E-state index in [1.54, 1.807) is 14.2 Å². The van der Waals surface area contributed by atoms with E-state index in [9.17, 15) is 0 Å². The van der Waals surface area contributed by atoms with Crippen molar-refractivity contribution in [2.75, 3.05) is 14.2 Å². The minimum atomic E-state index is -0.316. The highest BCUT2D eigenvalue weighted by Crippen LogP contribution is 2.38. The largest absolute Gasteiger partial charge is 0.496 e. The van der Waals surface area contributed by atoms with Crippen molar-refractivity contribution in [1.29, 1.82) is 0 Å². The van der Waals surface area contributed by atoms with Gasteiger partial charge in [-0.05, 0) is 49.8 Å². The van der Waals surface area contributed by atoms with Crippen LogP contribution in [0, 0.1) is 0 Å². The molecule has 0 unspecified atom stereocenters. The van der Waals surface area contributed by atoms with Crippen LogP contribution in [0.4, 0.5) is 0 Å². The van der Waals surface area contributed by atoms with Crippen LogP contribution >= 0.6 is 0 Å². The summed E-state index contributed by atoms with van der Waals surface area (Å²) in [6.45, 7) is 4.08. The van der Waals surface area contributed by atoms with Gasteiger partial charge in [-0.15, -0.1) is 0 Å². The number of hydrogen-bond acceptors (Lipinski definition) is 3. The lowest BCUT2D eigenvalue weighted by Gasteiger charge is -2.28. The van der Waals surface area contributed by atoms with Gasteiger partial charge in [0.25, 0.3) is 0 Å². The molecule has 0 aliphatic carbocycles. The molecule has 1 heterocycles. The molecule has 0 saturated carbocycles. The average Bonchev–Trinajstić information content (AvgIpc) is 2.58. The van der Waals surface area contributed by atoms with Gasteiger partial charge in [-0.3, -0.25) is 0 Å². The van der Waals surface area contributed by atoms with Crippen molar-refractivity contribution in [2.24, 2.45) is 0 Å². The van der Waals surface area contributed by atoms with Gasteiger partial charge in [-0.25, -0.2) is 0 Å². The Kier molecular flexibility index (Phi) is 4.34. The van der Waals surface area contributed by atoms with E-state index in [2.05, 4.69) is 6.08 Å². The second kappa shape index (κ2) is 6.44. The van der Waals surface area contributed by atoms with Crippen LogP contribution in [0.25, 0.3) is 18.2 Å². The highest BCUT2D eigenvalue weighted by atomic mass is 16.5. The van der Waals surface area contributed by atoms with Crippen LogP contribution in [0.15, 0.2) is 42.5 Å². The molecule has 3 rings (SSSR count). The smallest absolute Gasteiger partial charge is 0.132 e. The van der Waals surface area contributed by atoms with E-state index in [4.69, 9.17) is 14.2 Å². The van der Waals surface area contributed by atoms with Gasteiger partial charge in [0.1, 0.15) is 22.8 Å². The molecule has 0 bridgehead atoms. The number of para-hydroxylation sites is 1. The summed E-state index contributed by atoms with van der Waals surface area (Å²) in [7, 11) is 3.35. The Hall–Kier alpha value is -2.68. The Balaban J connectivity index is 1.98. The molecule has 3 heteroatoms. The van der Waals surface area contributed by atoms with Crippen LogP contribution < -0.4 is 14.2 Å². The van der Waals surface area contributed by atoms with Crippen molar-refractivity contribution in [3.05, 3.63) is 59.2 Å². The van der Waals surface area contributed by atoms with Crippen molar-refractivity contribution >= 4 is 18.2 Å². The molecule has 0 spiro atoms. The number of fused-ring (bicyclic) bond motifs is 1. The van der Waals surface area contributed by atoms with Gasteiger partial charge in [0.2, 0.25) is 0 Å². The molecular weight excluding hydrogens is 300 g/mol. The zero-order chi connectivity index (χ0) is 17.2. The first-order valence-corrected chi connectivity index (χ1v) is 7.94. The van der Waals surface area contributed by atoms with Crippen LogP contribution in [-0.2, 0) is 0 Å². The zero-order valence-electron chi connectivity index (χ0n) is 14.5. The molecule has 1 aliphatic heterocycles. The topological polar surface area (TPSA) is 27.7 Å². The molecule has 0 atom stereocenters. The highest BCUT2D eigenvalue weighted by Gasteiger charge is 2.24. The molecule has 24 heavy (non-hydrogen) atoms. The molecule has 0 saturated heterocycles. The van der Waals surface area contributed by atoms with Crippen LogP contribution in [0.3, 0.4) is 0 Å². The predicted molar refractivity (Wildman–Crippen MR) is 98.7 cm³/mol. The van der Waals surface area contributed by atoms with Crippen LogP contribution in [0.5, 0.6) is 17.2 Å². The fraction of sp³-hybridized carbons (Fsp3) is 0.238. The van der Waals surface area contributed by atoms with E-state index in [-0.39, 0.29) is 5.60 Å². The summed E-state index contributed by atoms with van der Waals surface area (Å²) in [5.74, 6) is 2.49. The maximum atomic E-state index is 6.07. The van der Waals surface area contributed by atoms with Gasteiger partial charge < -0.3 is 14.2 Å². The average molecular weight is 322 g/mol. The van der Waals surface area contributed by atoms with E-state index in [0.29, 0.717) is 0 Å². The Labute approximate surface area is 143 Å². The number of ether oxygens (including phenoxy) is 3. The zero-order valence-corrected chi connectivity index (χ0v) is 14.5. The summed E-state index contributed by atoms with van der Waals surface area (Å²) in [6.07, 6.45) is 8.17. The van der Waals surface area contributed by atoms with Gasteiger partial charge in [0.05, 0.1) is 19.8 Å². The molecule has 2 aromatic carbocycles. The highest BCUT2D eigenvalue weighted by molar-refractivity contribution is 5.77. The maximum absolute atomic E-state index is 6.07. The lowest BCUT2D eigenvalue weighted by molar-refractivity contribution is 0.158. The predicted octanol–water partition coefficient (Wildman–Crippen LogP) is 5.06. The summed E-state index contributed by atoms with van der Waals surface area (Å²) >= 11 is 0. The lowest BCUT2D eigenvalue weighted by Crippen LogP contribution is -2.27. The Morgan fingerprint density at radius 3 is 2.46 bits per heavy atom. The van der Waals surface area contributed by atoms with Crippen molar-refractivity contribution in [1.82, 2.24) is 0 Å². The molecule has 0 aromatic heterocycles. The van der Waals surface area contributed by atoms with E-state index in [0.717, 1.165) is 33.9 Å². The molecule has 124 valence electrons. The third-order valence-corrected chi connectivity index (χ3v) is 3.97. The van der Waals surface area contributed by atoms with Crippen LogP contribution in [0.2, 0.25) is 0 Å². The number of methoxy groups -OCH3 is 2. The molecule has 0 radical (unpaired) electrons. The summed E-state index contributed by atoms with van der Waals surface area (Å²) in [5, 5.41) is 0. The third-order valence-electron chi connectivity index (χ3n) is 3.97. The van der Waals surface area contributed by atoms with Crippen LogP contribution in [0.1, 0.15) is 30.5 Å². The minimum absolute atomic E-state index is 0.316. The molecule has 2 aromatic rings. The first kappa shape index (κ1) is 16.2. The Morgan fingerprint density at radius 2 is 1.71 bits per heavy atom. The molecule has 3 nitrogen and oxygen atoms in total. The molecular formula is C21H22O3. The molecule has 0 N–H and O–H groups in total. The Bertz CT molecular complexity index is 801. The maximum Gasteiger partial charge on any atom is 0.132 e. The molecule has 0 fully saturated rings. The van der Waals surface area contributed by atoms with E-state index in [1.165, 1.54) is 0 Å². The number of rotatable bonds is 4. The fourth-order valence-electron chi connectivity index (χ4n) is 2.73. The van der Waals surface area contributed by atoms with Crippen molar-refractivity contribution in [3.8, 4) is 17.2 Å². The normalized spacial score (nSPS) is 15.0. The summed E-state index contributed by atoms with van der Waals surface area (Å²) in [4.78, 5) is 0. The summed E-state index contributed by atoms with van der Waals surface area (Å²) in [5.41, 5.74) is 2.70. The number of hydrogen-bond donors (Lipinski definition) is 0. The van der Waals surface area contributed by atoms with Crippen LogP contribution in [-0.4, -0.2) is 19.8 Å². The second-order valence-corrected chi connectivity index (χ2v) is 6.25. The minimum Gasteiger partial charge on any atom is -0.496 e. The summed E-state index contributed by atoms with van der Waals surface area (Å²) in [6, 6.07) is 12.0. The van der Waals surface area contributed by atoms with Gasteiger partial charge in [0, 0.05) is 5.56 Å². The van der Waals surface area contributed by atoms with Crippen molar-refractivity contribution in [2.45, 2.75) is 19.4 Å². The van der Waals surface area contributed by atoms with E-state index < -0.39 is 0 Å². The van der Waals surface area contributed by atoms with E-state index in [1.807, 2.05) is 68.5 Å². The van der Waals surface area contributed by atoms with Gasteiger partial charge >= 0.3 is 0 Å². The Morgan fingerprint density at radius 1 is 0.958 bits per heavy atom. The molecule has 0 amide bonds. The van der Waals surface area contributed by atoms with E-state index >= 15 is 0 Å². The lowest BCUT2D eigenvalue weighted by atomic mass is 9.99. The van der Waals surface area contributed by atoms with Gasteiger partial charge in [-0.1, -0.05) is 30.4 Å². The standard InChI is InChI=1S/C21H22O3/c1-21(2)12-11-17-19(23-4)13-15(14-20(17)24-21)9-10-16-7-5-6-8-18(16)22-3/h5-14H,1-4H3/b10-9+. The quantitative estimate of drug-likeness (QED) is 0.737. The van der Waals surface area contributed by atoms with Gasteiger partial charge in [-0.2, -0.15) is 0 Å². The first-order valence-electron chi connectivity index (χ1n) is 7.94.